The van der Waals surface area contributed by atoms with Crippen molar-refractivity contribution in [2.75, 3.05) is 15.4 Å². The molecule has 4 aromatic rings. The van der Waals surface area contributed by atoms with Crippen LogP contribution in [0.3, 0.4) is 0 Å². The lowest BCUT2D eigenvalue weighted by Crippen LogP contribution is -2.16. The van der Waals surface area contributed by atoms with Gasteiger partial charge >= 0.3 is 0 Å². The van der Waals surface area contributed by atoms with Crippen LogP contribution < -0.4 is 15.4 Å². The van der Waals surface area contributed by atoms with Crippen LogP contribution in [0.4, 0.5) is 17.3 Å². The summed E-state index contributed by atoms with van der Waals surface area (Å²) in [5.74, 6) is -0.728. The maximum Gasteiger partial charge on any atom is 0.264 e. The molecule has 0 aliphatic carbocycles. The van der Waals surface area contributed by atoms with E-state index in [1.807, 2.05) is 6.07 Å². The van der Waals surface area contributed by atoms with E-state index in [0.717, 1.165) is 0 Å². The monoisotopic (exact) mass is 487 g/mol. The molecule has 2 amide bonds. The van der Waals surface area contributed by atoms with Crippen LogP contribution in [-0.4, -0.2) is 30.2 Å². The van der Waals surface area contributed by atoms with E-state index in [-0.39, 0.29) is 16.8 Å². The first kappa shape index (κ1) is 23.6. The highest BCUT2D eigenvalue weighted by molar-refractivity contribution is 7.92. The molecule has 10 heteroatoms. The van der Waals surface area contributed by atoms with Gasteiger partial charge in [-0.1, -0.05) is 24.3 Å². The van der Waals surface area contributed by atoms with E-state index < -0.39 is 15.9 Å². The highest BCUT2D eigenvalue weighted by atomic mass is 32.2. The van der Waals surface area contributed by atoms with Crippen molar-refractivity contribution in [1.82, 2.24) is 9.97 Å². The minimum atomic E-state index is -3.90. The summed E-state index contributed by atoms with van der Waals surface area (Å²) in [6, 6.07) is 22.6. The molecule has 0 atom stereocenters. The molecule has 0 unspecified atom stereocenters. The fourth-order valence-corrected chi connectivity index (χ4v) is 4.08. The van der Waals surface area contributed by atoms with Crippen molar-refractivity contribution < 1.29 is 18.0 Å². The third kappa shape index (κ3) is 6.06. The number of amides is 2. The molecule has 0 spiro atoms. The first-order valence-electron chi connectivity index (χ1n) is 10.5. The van der Waals surface area contributed by atoms with E-state index in [1.54, 1.807) is 61.5 Å². The Morgan fingerprint density at radius 2 is 1.40 bits per heavy atom. The second-order valence-electron chi connectivity index (χ2n) is 7.51. The topological polar surface area (TPSA) is 130 Å². The zero-order valence-electron chi connectivity index (χ0n) is 18.6. The number of aromatic nitrogens is 2. The SMILES string of the molecule is Cc1ccnc(NS(=O)(=O)c2ccc(NC(=O)c3cccc(NC(=O)c4ccccc4)c3)cc2)n1. The zero-order valence-corrected chi connectivity index (χ0v) is 19.4. The highest BCUT2D eigenvalue weighted by Gasteiger charge is 2.16. The summed E-state index contributed by atoms with van der Waals surface area (Å²) < 4.78 is 27.5. The van der Waals surface area contributed by atoms with Crippen LogP contribution in [0.2, 0.25) is 0 Å². The molecule has 0 bridgehead atoms. The van der Waals surface area contributed by atoms with Crippen LogP contribution in [0.1, 0.15) is 26.4 Å². The number of nitrogens with zero attached hydrogens (tertiary/aromatic N) is 2. The largest absolute Gasteiger partial charge is 0.322 e. The molecule has 3 N–H and O–H groups in total. The number of hydrogen-bond donors (Lipinski definition) is 3. The lowest BCUT2D eigenvalue weighted by Gasteiger charge is -2.10. The quantitative estimate of drug-likeness (QED) is 0.360. The molecular weight excluding hydrogens is 466 g/mol. The Balaban J connectivity index is 1.42. The number of nitrogens with one attached hydrogen (secondary N) is 3. The minimum absolute atomic E-state index is 0.00812. The standard InChI is InChI=1S/C25H21N5O4S/c1-17-14-15-26-25(27-17)30-35(33,34)22-12-10-20(11-13-22)28-24(32)19-8-5-9-21(16-19)29-23(31)18-6-3-2-4-7-18/h2-16H,1H3,(H,28,32)(H,29,31)(H,26,27,30). The van der Waals surface area contributed by atoms with Gasteiger partial charge in [-0.2, -0.15) is 0 Å². The van der Waals surface area contributed by atoms with Gasteiger partial charge in [0.2, 0.25) is 5.95 Å². The fraction of sp³-hybridized carbons (Fsp3) is 0.0400. The molecule has 0 aliphatic rings. The fourth-order valence-electron chi connectivity index (χ4n) is 3.13. The molecule has 1 heterocycles. The van der Waals surface area contributed by atoms with E-state index in [9.17, 15) is 18.0 Å². The highest BCUT2D eigenvalue weighted by Crippen LogP contribution is 2.18. The summed E-state index contributed by atoms with van der Waals surface area (Å²) in [4.78, 5) is 33.0. The predicted molar refractivity (Wildman–Crippen MR) is 133 cm³/mol. The molecule has 0 aliphatic heterocycles. The van der Waals surface area contributed by atoms with Crippen LogP contribution in [-0.2, 0) is 10.0 Å². The second-order valence-corrected chi connectivity index (χ2v) is 9.19. The van der Waals surface area contributed by atoms with Crippen LogP contribution in [0.15, 0.2) is 96.0 Å². The Morgan fingerprint density at radius 3 is 2.11 bits per heavy atom. The number of sulfonamides is 1. The number of anilines is 3. The van der Waals surface area contributed by atoms with Gasteiger partial charge in [0.05, 0.1) is 4.90 Å². The van der Waals surface area contributed by atoms with Gasteiger partial charge in [0.15, 0.2) is 0 Å². The van der Waals surface area contributed by atoms with Crippen molar-refractivity contribution in [3.8, 4) is 0 Å². The first-order chi connectivity index (χ1) is 16.8. The summed E-state index contributed by atoms with van der Waals surface area (Å²) in [5.41, 5.74) is 2.32. The lowest BCUT2D eigenvalue weighted by atomic mass is 10.1. The number of rotatable bonds is 7. The first-order valence-corrected chi connectivity index (χ1v) is 12.0. The van der Waals surface area contributed by atoms with Gasteiger partial charge in [-0.15, -0.1) is 0 Å². The van der Waals surface area contributed by atoms with Gasteiger partial charge in [0, 0.05) is 34.4 Å². The second kappa shape index (κ2) is 10.1. The zero-order chi connectivity index (χ0) is 24.8. The maximum atomic E-state index is 12.7. The van der Waals surface area contributed by atoms with Crippen LogP contribution in [0.25, 0.3) is 0 Å². The summed E-state index contributed by atoms with van der Waals surface area (Å²) in [6.07, 6.45) is 1.46. The molecule has 176 valence electrons. The van der Waals surface area contributed by atoms with Gasteiger partial charge in [0.25, 0.3) is 21.8 Å². The molecule has 4 rings (SSSR count). The summed E-state index contributed by atoms with van der Waals surface area (Å²) in [6.45, 7) is 1.73. The van der Waals surface area contributed by atoms with Crippen molar-refractivity contribution in [3.05, 3.63) is 108 Å². The van der Waals surface area contributed by atoms with Gasteiger partial charge in [-0.05, 0) is 67.6 Å². The Kier molecular flexibility index (Phi) is 6.83. The van der Waals surface area contributed by atoms with E-state index in [1.165, 1.54) is 30.5 Å². The third-order valence-electron chi connectivity index (χ3n) is 4.86. The summed E-state index contributed by atoms with van der Waals surface area (Å²) in [5, 5.41) is 5.48. The number of carbonyl (C=O) groups is 2. The normalized spacial score (nSPS) is 10.9. The van der Waals surface area contributed by atoms with Crippen molar-refractivity contribution >= 4 is 39.2 Å². The maximum absolute atomic E-state index is 12.7. The van der Waals surface area contributed by atoms with Crippen LogP contribution in [0, 0.1) is 6.92 Å². The van der Waals surface area contributed by atoms with E-state index >= 15 is 0 Å². The minimum Gasteiger partial charge on any atom is -0.322 e. The Morgan fingerprint density at radius 1 is 0.743 bits per heavy atom. The number of carbonyl (C=O) groups excluding carboxylic acids is 2. The molecule has 9 nitrogen and oxygen atoms in total. The van der Waals surface area contributed by atoms with Crippen molar-refractivity contribution in [1.29, 1.82) is 0 Å². The van der Waals surface area contributed by atoms with Gasteiger partial charge in [-0.3, -0.25) is 9.59 Å². The Labute approximate surface area is 202 Å². The van der Waals surface area contributed by atoms with E-state index in [2.05, 4.69) is 25.3 Å². The smallest absolute Gasteiger partial charge is 0.264 e. The molecule has 0 saturated heterocycles. The molecular formula is C25H21N5O4S. The van der Waals surface area contributed by atoms with Gasteiger partial charge in [0.1, 0.15) is 0 Å². The Bertz CT molecular complexity index is 1470. The molecule has 1 aromatic heterocycles. The number of aryl methyl sites for hydroxylation is 1. The van der Waals surface area contributed by atoms with Crippen molar-refractivity contribution in [3.63, 3.8) is 0 Å². The molecule has 3 aromatic carbocycles. The average molecular weight is 488 g/mol. The molecule has 35 heavy (non-hydrogen) atoms. The van der Waals surface area contributed by atoms with Gasteiger partial charge < -0.3 is 10.6 Å². The lowest BCUT2D eigenvalue weighted by molar-refractivity contribution is 0.101. The predicted octanol–water partition coefficient (Wildman–Crippen LogP) is 4.09. The van der Waals surface area contributed by atoms with Gasteiger partial charge in [-0.25, -0.2) is 23.1 Å². The van der Waals surface area contributed by atoms with Crippen molar-refractivity contribution in [2.24, 2.45) is 0 Å². The third-order valence-corrected chi connectivity index (χ3v) is 6.21. The molecule has 0 saturated carbocycles. The molecule has 0 fully saturated rings. The Hall–Kier alpha value is -4.57. The summed E-state index contributed by atoms with van der Waals surface area (Å²) in [7, 11) is -3.90. The number of benzene rings is 3. The summed E-state index contributed by atoms with van der Waals surface area (Å²) >= 11 is 0. The number of hydrogen-bond acceptors (Lipinski definition) is 6. The molecule has 0 radical (unpaired) electrons. The van der Waals surface area contributed by atoms with Crippen molar-refractivity contribution in [2.45, 2.75) is 11.8 Å². The van der Waals surface area contributed by atoms with Crippen LogP contribution in [0.5, 0.6) is 0 Å². The average Bonchev–Trinajstić information content (AvgIpc) is 2.85. The van der Waals surface area contributed by atoms with Crippen LogP contribution >= 0.6 is 0 Å². The van der Waals surface area contributed by atoms with E-state index in [0.29, 0.717) is 28.2 Å². The van der Waals surface area contributed by atoms with E-state index in [4.69, 9.17) is 0 Å².